The van der Waals surface area contributed by atoms with Gasteiger partial charge in [-0.3, -0.25) is 4.90 Å². The van der Waals surface area contributed by atoms with Crippen molar-refractivity contribution in [1.29, 1.82) is 0 Å². The Balaban J connectivity index is 1.50. The predicted molar refractivity (Wildman–Crippen MR) is 168 cm³/mol. The summed E-state index contributed by atoms with van der Waals surface area (Å²) in [6.07, 6.45) is 0. The molecule has 1 heterocycles. The maximum absolute atomic E-state index is 13.5. The smallest absolute Gasteiger partial charge is 0.341 e. The van der Waals surface area contributed by atoms with Crippen LogP contribution in [-0.2, 0) is 17.0 Å². The molecule has 0 bridgehead atoms. The molecule has 0 amide bonds. The van der Waals surface area contributed by atoms with E-state index in [-0.39, 0.29) is 5.97 Å². The summed E-state index contributed by atoms with van der Waals surface area (Å²) < 4.78 is 12.3. The number of ether oxygens (including phenoxy) is 2. The summed E-state index contributed by atoms with van der Waals surface area (Å²) in [5.41, 5.74) is 5.13. The minimum atomic E-state index is -1.23. The van der Waals surface area contributed by atoms with Crippen LogP contribution < -0.4 is 14.5 Å². The van der Waals surface area contributed by atoms with Crippen LogP contribution in [0.15, 0.2) is 133 Å². The molecule has 0 N–H and O–H groups in total. The lowest BCUT2D eigenvalue weighted by atomic mass is 9.90. The Labute approximate surface area is 247 Å². The number of hydrogen-bond acceptors (Lipinski definition) is 5. The Morgan fingerprint density at radius 1 is 0.667 bits per heavy atom. The van der Waals surface area contributed by atoms with Crippen molar-refractivity contribution in [2.24, 2.45) is 0 Å². The lowest BCUT2D eigenvalue weighted by molar-refractivity contribution is 0.0134. The molecule has 0 aliphatic carbocycles. The molecule has 5 heteroatoms. The summed E-state index contributed by atoms with van der Waals surface area (Å²) in [7, 11) is 0. The fourth-order valence-corrected chi connectivity index (χ4v) is 5.75. The quantitative estimate of drug-likeness (QED) is 0.162. The molecule has 5 nitrogen and oxygen atoms in total. The number of cyclic esters (lactones) is 1. The fourth-order valence-electron chi connectivity index (χ4n) is 5.75. The van der Waals surface area contributed by atoms with Gasteiger partial charge in [0.25, 0.3) is 0 Å². The van der Waals surface area contributed by atoms with Crippen molar-refractivity contribution < 1.29 is 14.3 Å². The molecule has 1 atom stereocenters. The number of esters is 1. The standard InChI is InChI=1S/C37H34N2O3/c1-3-38(27-28-13-7-5-8-14-28)30-21-19-29(20-22-30)37(35-18-12-11-17-34(35)36(40)42-37)39(31-15-9-6-10-16-31)32-23-25-33(26-24-32)41-4-2/h5-26H,3-4,27H2,1-2H3. The molecular formula is C37H34N2O3. The summed E-state index contributed by atoms with van der Waals surface area (Å²) in [5, 5.41) is 0. The van der Waals surface area contributed by atoms with Crippen LogP contribution in [0.5, 0.6) is 5.75 Å². The minimum Gasteiger partial charge on any atom is -0.494 e. The first kappa shape index (κ1) is 27.2. The third-order valence-electron chi connectivity index (χ3n) is 7.71. The second kappa shape index (κ2) is 11.8. The van der Waals surface area contributed by atoms with Gasteiger partial charge in [-0.05, 0) is 74.0 Å². The van der Waals surface area contributed by atoms with Gasteiger partial charge in [0, 0.05) is 41.3 Å². The van der Waals surface area contributed by atoms with Gasteiger partial charge in [-0.2, -0.15) is 0 Å². The first-order valence-electron chi connectivity index (χ1n) is 14.4. The summed E-state index contributed by atoms with van der Waals surface area (Å²) >= 11 is 0. The summed E-state index contributed by atoms with van der Waals surface area (Å²) in [4.78, 5) is 18.0. The highest BCUT2D eigenvalue weighted by Gasteiger charge is 2.52. The number of para-hydroxylation sites is 1. The van der Waals surface area contributed by atoms with E-state index in [0.717, 1.165) is 47.0 Å². The monoisotopic (exact) mass is 554 g/mol. The van der Waals surface area contributed by atoms with Crippen LogP contribution in [0.1, 0.15) is 40.9 Å². The lowest BCUT2D eigenvalue weighted by Crippen LogP contribution is -2.45. The molecule has 0 fully saturated rings. The SMILES string of the molecule is CCOc1ccc(N(c2ccccc2)C2(c3ccc(N(CC)Cc4ccccc4)cc3)OC(=O)c3ccccc32)cc1. The van der Waals surface area contributed by atoms with Crippen LogP contribution in [0.25, 0.3) is 0 Å². The molecule has 1 aliphatic heterocycles. The normalized spacial score (nSPS) is 15.5. The zero-order valence-electron chi connectivity index (χ0n) is 23.9. The van der Waals surface area contributed by atoms with Crippen LogP contribution >= 0.6 is 0 Å². The van der Waals surface area contributed by atoms with Crippen molar-refractivity contribution in [3.05, 3.63) is 156 Å². The fraction of sp³-hybridized carbons (Fsp3) is 0.162. The largest absolute Gasteiger partial charge is 0.494 e. The number of rotatable bonds is 10. The number of carbonyl (C=O) groups is 1. The van der Waals surface area contributed by atoms with E-state index in [2.05, 4.69) is 65.3 Å². The van der Waals surface area contributed by atoms with E-state index in [9.17, 15) is 4.79 Å². The van der Waals surface area contributed by atoms with Crippen molar-refractivity contribution >= 4 is 23.0 Å². The van der Waals surface area contributed by atoms with Crippen molar-refractivity contribution in [3.8, 4) is 5.75 Å². The highest BCUT2D eigenvalue weighted by atomic mass is 16.6. The van der Waals surface area contributed by atoms with Crippen molar-refractivity contribution in [3.63, 3.8) is 0 Å². The van der Waals surface area contributed by atoms with E-state index in [4.69, 9.17) is 9.47 Å². The molecule has 1 unspecified atom stereocenters. The molecule has 0 saturated carbocycles. The van der Waals surface area contributed by atoms with E-state index in [1.165, 1.54) is 5.56 Å². The third-order valence-corrected chi connectivity index (χ3v) is 7.71. The average Bonchev–Trinajstić information content (AvgIpc) is 3.35. The molecule has 42 heavy (non-hydrogen) atoms. The first-order valence-corrected chi connectivity index (χ1v) is 14.4. The molecule has 0 spiro atoms. The first-order chi connectivity index (χ1) is 20.6. The van der Waals surface area contributed by atoms with Crippen LogP contribution in [0.3, 0.4) is 0 Å². The Bertz CT molecular complexity index is 1640. The highest BCUT2D eigenvalue weighted by molar-refractivity contribution is 5.96. The van der Waals surface area contributed by atoms with Gasteiger partial charge in [-0.15, -0.1) is 0 Å². The number of fused-ring (bicyclic) bond motifs is 1. The Morgan fingerprint density at radius 2 is 1.26 bits per heavy atom. The van der Waals surface area contributed by atoms with Gasteiger partial charge in [0.05, 0.1) is 12.2 Å². The number of anilines is 3. The van der Waals surface area contributed by atoms with E-state index in [1.54, 1.807) is 0 Å². The topological polar surface area (TPSA) is 42.0 Å². The van der Waals surface area contributed by atoms with Gasteiger partial charge in [0.15, 0.2) is 0 Å². The van der Waals surface area contributed by atoms with Crippen LogP contribution in [0, 0.1) is 0 Å². The van der Waals surface area contributed by atoms with Gasteiger partial charge in [0.2, 0.25) is 5.72 Å². The van der Waals surface area contributed by atoms with Crippen molar-refractivity contribution in [2.75, 3.05) is 23.0 Å². The Hall–Kier alpha value is -5.03. The van der Waals surface area contributed by atoms with Gasteiger partial charge in [-0.25, -0.2) is 4.79 Å². The van der Waals surface area contributed by atoms with Crippen LogP contribution in [0.4, 0.5) is 17.1 Å². The molecule has 210 valence electrons. The number of carbonyl (C=O) groups excluding carboxylic acids is 1. The van der Waals surface area contributed by atoms with E-state index in [0.29, 0.717) is 12.2 Å². The molecule has 1 aliphatic rings. The van der Waals surface area contributed by atoms with Crippen molar-refractivity contribution in [2.45, 2.75) is 26.1 Å². The zero-order chi connectivity index (χ0) is 28.9. The number of hydrogen-bond donors (Lipinski definition) is 0. The number of benzene rings is 5. The predicted octanol–water partition coefficient (Wildman–Crippen LogP) is 8.32. The summed E-state index contributed by atoms with van der Waals surface area (Å²) in [6, 6.07) is 44.6. The maximum Gasteiger partial charge on any atom is 0.341 e. The second-order valence-corrected chi connectivity index (χ2v) is 10.2. The van der Waals surface area contributed by atoms with Gasteiger partial charge in [-0.1, -0.05) is 78.9 Å². The third kappa shape index (κ3) is 4.99. The zero-order valence-corrected chi connectivity index (χ0v) is 23.9. The van der Waals surface area contributed by atoms with Crippen LogP contribution in [-0.4, -0.2) is 19.1 Å². The molecule has 0 aromatic heterocycles. The molecule has 5 aromatic rings. The van der Waals surface area contributed by atoms with Gasteiger partial charge >= 0.3 is 5.97 Å². The maximum atomic E-state index is 13.5. The molecular weight excluding hydrogens is 520 g/mol. The lowest BCUT2D eigenvalue weighted by Gasteiger charge is -2.42. The van der Waals surface area contributed by atoms with E-state index in [1.807, 2.05) is 91.9 Å². The average molecular weight is 555 g/mol. The molecule has 6 rings (SSSR count). The van der Waals surface area contributed by atoms with Crippen molar-refractivity contribution in [1.82, 2.24) is 0 Å². The van der Waals surface area contributed by atoms with Gasteiger partial charge < -0.3 is 14.4 Å². The highest BCUT2D eigenvalue weighted by Crippen LogP contribution is 2.50. The number of nitrogens with zero attached hydrogens (tertiary/aromatic N) is 2. The van der Waals surface area contributed by atoms with E-state index >= 15 is 0 Å². The Kier molecular flexibility index (Phi) is 7.65. The van der Waals surface area contributed by atoms with Gasteiger partial charge in [0.1, 0.15) is 5.75 Å². The Morgan fingerprint density at radius 3 is 1.93 bits per heavy atom. The second-order valence-electron chi connectivity index (χ2n) is 10.2. The summed E-state index contributed by atoms with van der Waals surface area (Å²) in [5.74, 6) is 0.440. The minimum absolute atomic E-state index is 0.346. The molecule has 5 aromatic carbocycles. The molecule has 0 saturated heterocycles. The van der Waals surface area contributed by atoms with Crippen LogP contribution in [0.2, 0.25) is 0 Å². The van der Waals surface area contributed by atoms with E-state index < -0.39 is 5.72 Å². The molecule has 0 radical (unpaired) electrons. The summed E-state index contributed by atoms with van der Waals surface area (Å²) in [6.45, 7) is 6.39.